The maximum atomic E-state index is 11.9. The molecule has 4 nitrogen and oxygen atoms in total. The molecule has 1 aromatic rings. The average Bonchev–Trinajstić information content (AvgIpc) is 2.24. The van der Waals surface area contributed by atoms with Crippen molar-refractivity contribution in [3.8, 4) is 0 Å². The van der Waals surface area contributed by atoms with E-state index in [4.69, 9.17) is 11.6 Å². The van der Waals surface area contributed by atoms with E-state index in [1.165, 1.54) is 18.8 Å². The van der Waals surface area contributed by atoms with E-state index < -0.39 is 0 Å². The van der Waals surface area contributed by atoms with Crippen molar-refractivity contribution in [2.24, 2.45) is 0 Å². The second-order valence-electron chi connectivity index (χ2n) is 4.17. The minimum Gasteiger partial charge on any atom is -0.345 e. The number of carbonyl (C=O) groups is 1. The normalized spacial score (nSPS) is 17.6. The predicted octanol–water partition coefficient (Wildman–Crippen LogP) is 2.19. The fourth-order valence-corrected chi connectivity index (χ4v) is 2.00. The van der Waals surface area contributed by atoms with Gasteiger partial charge in [0, 0.05) is 5.54 Å². The number of hydrogen-bond acceptors (Lipinski definition) is 3. The summed E-state index contributed by atoms with van der Waals surface area (Å²) in [6.07, 6.45) is 7.03. The monoisotopic (exact) mass is 239 g/mol. The molecular weight excluding hydrogens is 226 g/mol. The molecular formula is C11H14ClN3O. The molecule has 2 rings (SSSR count). The van der Waals surface area contributed by atoms with Crippen molar-refractivity contribution in [3.05, 3.63) is 23.2 Å². The van der Waals surface area contributed by atoms with Crippen molar-refractivity contribution in [1.29, 1.82) is 0 Å². The van der Waals surface area contributed by atoms with Crippen LogP contribution in [0, 0.1) is 0 Å². The van der Waals surface area contributed by atoms with E-state index in [0.29, 0.717) is 10.8 Å². The minimum atomic E-state index is -0.161. The van der Waals surface area contributed by atoms with Gasteiger partial charge >= 0.3 is 0 Å². The molecule has 1 aliphatic carbocycles. The maximum absolute atomic E-state index is 11.9. The number of carbonyl (C=O) groups excluding carboxylic acids is 1. The summed E-state index contributed by atoms with van der Waals surface area (Å²) >= 11 is 5.61. The van der Waals surface area contributed by atoms with E-state index in [2.05, 4.69) is 22.2 Å². The van der Waals surface area contributed by atoms with Crippen LogP contribution in [0.15, 0.2) is 12.4 Å². The molecule has 0 aromatic carbocycles. The van der Waals surface area contributed by atoms with Gasteiger partial charge in [-0.3, -0.25) is 4.79 Å². The highest BCUT2D eigenvalue weighted by atomic mass is 35.5. The molecule has 5 heteroatoms. The van der Waals surface area contributed by atoms with E-state index in [1.54, 1.807) is 0 Å². The van der Waals surface area contributed by atoms with Crippen LogP contribution in [0.4, 0.5) is 0 Å². The molecule has 1 amide bonds. The SMILES string of the molecule is CCC1(NC(=O)c2cnc(Cl)cn2)CCC1. The number of rotatable bonds is 3. The van der Waals surface area contributed by atoms with Crippen molar-refractivity contribution in [3.63, 3.8) is 0 Å². The lowest BCUT2D eigenvalue weighted by atomic mass is 9.75. The van der Waals surface area contributed by atoms with Crippen LogP contribution in [0.1, 0.15) is 43.1 Å². The van der Waals surface area contributed by atoms with Gasteiger partial charge in [0.05, 0.1) is 12.4 Å². The van der Waals surface area contributed by atoms with Crippen molar-refractivity contribution in [2.75, 3.05) is 0 Å². The topological polar surface area (TPSA) is 54.9 Å². The molecule has 1 fully saturated rings. The largest absolute Gasteiger partial charge is 0.345 e. The van der Waals surface area contributed by atoms with Crippen molar-refractivity contribution < 1.29 is 4.79 Å². The predicted molar refractivity (Wildman–Crippen MR) is 61.4 cm³/mol. The Hall–Kier alpha value is -1.16. The second kappa shape index (κ2) is 4.37. The first-order chi connectivity index (χ1) is 7.65. The lowest BCUT2D eigenvalue weighted by molar-refractivity contribution is 0.0815. The van der Waals surface area contributed by atoms with Crippen molar-refractivity contribution >= 4 is 17.5 Å². The summed E-state index contributed by atoms with van der Waals surface area (Å²) in [7, 11) is 0. The van der Waals surface area contributed by atoms with Crippen molar-refractivity contribution in [2.45, 2.75) is 38.1 Å². The summed E-state index contributed by atoms with van der Waals surface area (Å²) < 4.78 is 0. The summed E-state index contributed by atoms with van der Waals surface area (Å²) in [6, 6.07) is 0. The third kappa shape index (κ3) is 2.16. The van der Waals surface area contributed by atoms with Crippen LogP contribution in [0.3, 0.4) is 0 Å². The van der Waals surface area contributed by atoms with E-state index in [1.807, 2.05) is 0 Å². The first-order valence-corrected chi connectivity index (χ1v) is 5.83. The molecule has 0 atom stereocenters. The standard InChI is InChI=1S/C11H14ClN3O/c1-2-11(4-3-5-11)15-10(16)8-6-14-9(12)7-13-8/h6-7H,2-5H2,1H3,(H,15,16). The molecule has 86 valence electrons. The molecule has 0 spiro atoms. The van der Waals surface area contributed by atoms with Gasteiger partial charge in [0.2, 0.25) is 0 Å². The van der Waals surface area contributed by atoms with Crippen molar-refractivity contribution in [1.82, 2.24) is 15.3 Å². The lowest BCUT2D eigenvalue weighted by Gasteiger charge is -2.41. The molecule has 1 heterocycles. The van der Waals surface area contributed by atoms with E-state index in [9.17, 15) is 4.79 Å². The Labute approximate surface area is 99.4 Å². The van der Waals surface area contributed by atoms with Gasteiger partial charge in [0.1, 0.15) is 10.8 Å². The number of nitrogens with zero attached hydrogens (tertiary/aromatic N) is 2. The van der Waals surface area contributed by atoms with E-state index >= 15 is 0 Å². The summed E-state index contributed by atoms with van der Waals surface area (Å²) in [5.41, 5.74) is 0.308. The third-order valence-corrected chi connectivity index (χ3v) is 3.41. The number of nitrogens with one attached hydrogen (secondary N) is 1. The number of amides is 1. The number of hydrogen-bond donors (Lipinski definition) is 1. The molecule has 0 unspecified atom stereocenters. The van der Waals surface area contributed by atoms with E-state index in [-0.39, 0.29) is 11.4 Å². The van der Waals surface area contributed by atoms with Crippen LogP contribution in [0.25, 0.3) is 0 Å². The quantitative estimate of drug-likeness (QED) is 0.880. The summed E-state index contributed by atoms with van der Waals surface area (Å²) in [5.74, 6) is -0.161. The average molecular weight is 240 g/mol. The van der Waals surface area contributed by atoms with Gasteiger partial charge in [-0.15, -0.1) is 0 Å². The summed E-state index contributed by atoms with van der Waals surface area (Å²) in [4.78, 5) is 19.7. The van der Waals surface area contributed by atoms with Gasteiger partial charge in [-0.1, -0.05) is 18.5 Å². The molecule has 1 N–H and O–H groups in total. The van der Waals surface area contributed by atoms with Crippen LogP contribution in [-0.4, -0.2) is 21.4 Å². The number of halogens is 1. The zero-order valence-electron chi connectivity index (χ0n) is 9.16. The zero-order valence-corrected chi connectivity index (χ0v) is 9.92. The van der Waals surface area contributed by atoms with Gasteiger partial charge in [-0.05, 0) is 25.7 Å². The Kier molecular flexibility index (Phi) is 3.10. The fourth-order valence-electron chi connectivity index (χ4n) is 1.90. The third-order valence-electron chi connectivity index (χ3n) is 3.22. The highest BCUT2D eigenvalue weighted by molar-refractivity contribution is 6.29. The fraction of sp³-hybridized carbons (Fsp3) is 0.545. The van der Waals surface area contributed by atoms with Gasteiger partial charge in [-0.25, -0.2) is 9.97 Å². The summed E-state index contributed by atoms with van der Waals surface area (Å²) in [6.45, 7) is 2.09. The highest BCUT2D eigenvalue weighted by Gasteiger charge is 2.36. The van der Waals surface area contributed by atoms with Gasteiger partial charge in [-0.2, -0.15) is 0 Å². The second-order valence-corrected chi connectivity index (χ2v) is 4.55. The molecule has 16 heavy (non-hydrogen) atoms. The van der Waals surface area contributed by atoms with Gasteiger partial charge in [0.25, 0.3) is 5.91 Å². The van der Waals surface area contributed by atoms with E-state index in [0.717, 1.165) is 19.3 Å². The number of aromatic nitrogens is 2. The van der Waals surface area contributed by atoms with Crippen LogP contribution >= 0.6 is 11.6 Å². The molecule has 0 bridgehead atoms. The minimum absolute atomic E-state index is 0.0155. The first kappa shape index (κ1) is 11.3. The summed E-state index contributed by atoms with van der Waals surface area (Å²) in [5, 5.41) is 3.33. The molecule has 1 saturated carbocycles. The van der Waals surface area contributed by atoms with Crippen LogP contribution < -0.4 is 5.32 Å². The van der Waals surface area contributed by atoms with Gasteiger partial charge < -0.3 is 5.32 Å². The first-order valence-electron chi connectivity index (χ1n) is 5.45. The molecule has 1 aromatic heterocycles. The van der Waals surface area contributed by atoms with Crippen LogP contribution in [-0.2, 0) is 0 Å². The molecule has 0 radical (unpaired) electrons. The Morgan fingerprint density at radius 1 is 1.50 bits per heavy atom. The maximum Gasteiger partial charge on any atom is 0.271 e. The lowest BCUT2D eigenvalue weighted by Crippen LogP contribution is -2.53. The molecule has 0 saturated heterocycles. The Morgan fingerprint density at radius 3 is 2.69 bits per heavy atom. The van der Waals surface area contributed by atoms with Crippen LogP contribution in [0.2, 0.25) is 5.15 Å². The Bertz CT molecular complexity index is 381. The smallest absolute Gasteiger partial charge is 0.271 e. The van der Waals surface area contributed by atoms with Gasteiger partial charge in [0.15, 0.2) is 0 Å². The van der Waals surface area contributed by atoms with Crippen LogP contribution in [0.5, 0.6) is 0 Å². The Balaban J connectivity index is 2.05. The Morgan fingerprint density at radius 2 is 2.25 bits per heavy atom. The molecule has 0 aliphatic heterocycles. The zero-order chi connectivity index (χ0) is 11.6. The molecule has 1 aliphatic rings. The highest BCUT2D eigenvalue weighted by Crippen LogP contribution is 2.34.